The van der Waals surface area contributed by atoms with Gasteiger partial charge in [-0.2, -0.15) is 0 Å². The number of rotatable bonds is 7. The molecule has 5 nitrogen and oxygen atoms in total. The third-order valence-corrected chi connectivity index (χ3v) is 6.82. The third kappa shape index (κ3) is 5.37. The Kier molecular flexibility index (Phi) is 7.74. The van der Waals surface area contributed by atoms with Crippen molar-refractivity contribution in [1.29, 1.82) is 0 Å². The summed E-state index contributed by atoms with van der Waals surface area (Å²) in [7, 11) is 0. The Hall–Kier alpha value is -3.04. The molecule has 3 aromatic carbocycles. The average molecular weight is 476 g/mol. The molecule has 6 heteroatoms. The number of aliphatic hydroxyl groups is 1. The lowest BCUT2D eigenvalue weighted by atomic mass is 9.95. The second kappa shape index (κ2) is 10.9. The summed E-state index contributed by atoms with van der Waals surface area (Å²) < 4.78 is 5.55. The van der Waals surface area contributed by atoms with E-state index in [1.807, 2.05) is 36.4 Å². The van der Waals surface area contributed by atoms with Gasteiger partial charge in [0.1, 0.15) is 12.4 Å². The van der Waals surface area contributed by atoms with E-state index in [0.717, 1.165) is 29.5 Å². The van der Waals surface area contributed by atoms with Gasteiger partial charge in [-0.25, -0.2) is 4.85 Å². The van der Waals surface area contributed by atoms with Gasteiger partial charge in [0.25, 0.3) is 0 Å². The molecule has 0 aliphatic carbocycles. The number of benzene rings is 3. The molecule has 1 aliphatic rings. The summed E-state index contributed by atoms with van der Waals surface area (Å²) in [4.78, 5) is 8.52. The van der Waals surface area contributed by atoms with Crippen molar-refractivity contribution in [2.24, 2.45) is 0 Å². The normalized spacial score (nSPS) is 19.4. The lowest BCUT2D eigenvalue weighted by molar-refractivity contribution is 0.115. The van der Waals surface area contributed by atoms with E-state index in [-0.39, 0.29) is 25.3 Å². The SMILES string of the molecule is [C-]#[N+]c1ccc([C@@H](C)N2C[C@@H](c3ccc(Cl)cc3)N(c3ccc(OCCO)cc3)C[C@H]2C)cc1. The van der Waals surface area contributed by atoms with Crippen LogP contribution in [0, 0.1) is 6.57 Å². The Bertz CT molecular complexity index is 1110. The van der Waals surface area contributed by atoms with E-state index in [4.69, 9.17) is 28.0 Å². The van der Waals surface area contributed by atoms with E-state index in [1.54, 1.807) is 0 Å². The quantitative estimate of drug-likeness (QED) is 0.408. The average Bonchev–Trinajstić information content (AvgIpc) is 2.88. The lowest BCUT2D eigenvalue weighted by Crippen LogP contribution is -2.54. The number of anilines is 1. The molecule has 0 aromatic heterocycles. The summed E-state index contributed by atoms with van der Waals surface area (Å²) in [5.41, 5.74) is 4.24. The lowest BCUT2D eigenvalue weighted by Gasteiger charge is -2.49. The van der Waals surface area contributed by atoms with E-state index in [9.17, 15) is 0 Å². The zero-order valence-corrected chi connectivity index (χ0v) is 20.3. The molecule has 0 spiro atoms. The number of hydrogen-bond acceptors (Lipinski definition) is 4. The number of piperazine rings is 1. The molecule has 0 saturated carbocycles. The number of nitrogens with zero attached hydrogens (tertiary/aromatic N) is 3. The fraction of sp³-hybridized carbons (Fsp3) is 0.321. The van der Waals surface area contributed by atoms with Gasteiger partial charge in [0.2, 0.25) is 0 Å². The summed E-state index contributed by atoms with van der Waals surface area (Å²) in [6.45, 7) is 13.7. The Morgan fingerprint density at radius 3 is 2.32 bits per heavy atom. The molecule has 1 fully saturated rings. The maximum atomic E-state index is 9.01. The predicted octanol–water partition coefficient (Wildman–Crippen LogP) is 6.27. The standard InChI is InChI=1S/C28H30ClN3O2/c1-20-18-32(26-12-14-27(15-13-26)34-17-16-33)28(23-4-8-24(29)9-5-23)19-31(20)21(2)22-6-10-25(30-3)11-7-22/h4-15,20-21,28,33H,16-19H2,1-2H3/t20-,21-,28+/m1/s1. The monoisotopic (exact) mass is 475 g/mol. The predicted molar refractivity (Wildman–Crippen MR) is 138 cm³/mol. The number of aliphatic hydroxyl groups excluding tert-OH is 1. The summed E-state index contributed by atoms with van der Waals surface area (Å²) in [6.07, 6.45) is 0. The summed E-state index contributed by atoms with van der Waals surface area (Å²) >= 11 is 6.19. The minimum absolute atomic E-state index is 0.00133. The first-order valence-corrected chi connectivity index (χ1v) is 12.0. The molecule has 0 unspecified atom stereocenters. The van der Waals surface area contributed by atoms with Crippen LogP contribution in [0.2, 0.25) is 5.02 Å². The molecular weight excluding hydrogens is 446 g/mol. The van der Waals surface area contributed by atoms with Crippen LogP contribution in [0.15, 0.2) is 72.8 Å². The van der Waals surface area contributed by atoms with Crippen LogP contribution in [0.5, 0.6) is 5.75 Å². The topological polar surface area (TPSA) is 40.3 Å². The minimum atomic E-state index is -0.00133. The highest BCUT2D eigenvalue weighted by Crippen LogP contribution is 2.37. The van der Waals surface area contributed by atoms with Crippen LogP contribution in [0.25, 0.3) is 4.85 Å². The zero-order chi connectivity index (χ0) is 24.1. The van der Waals surface area contributed by atoms with Gasteiger partial charge in [-0.1, -0.05) is 48.0 Å². The highest BCUT2D eigenvalue weighted by Gasteiger charge is 2.35. The van der Waals surface area contributed by atoms with Gasteiger partial charge in [0.15, 0.2) is 5.69 Å². The van der Waals surface area contributed by atoms with E-state index >= 15 is 0 Å². The van der Waals surface area contributed by atoms with Crippen molar-refractivity contribution in [3.63, 3.8) is 0 Å². The first-order valence-electron chi connectivity index (χ1n) is 11.6. The van der Waals surface area contributed by atoms with E-state index in [1.165, 1.54) is 11.1 Å². The molecule has 0 radical (unpaired) electrons. The fourth-order valence-corrected chi connectivity index (χ4v) is 4.83. The second-order valence-corrected chi connectivity index (χ2v) is 9.15. The Morgan fingerprint density at radius 1 is 1.03 bits per heavy atom. The van der Waals surface area contributed by atoms with Crippen molar-refractivity contribution in [3.8, 4) is 5.75 Å². The van der Waals surface area contributed by atoms with Crippen LogP contribution < -0.4 is 9.64 Å². The van der Waals surface area contributed by atoms with Gasteiger partial charge in [-0.3, -0.25) is 4.90 Å². The fourth-order valence-electron chi connectivity index (χ4n) is 4.71. The maximum Gasteiger partial charge on any atom is 0.187 e. The smallest absolute Gasteiger partial charge is 0.187 e. The number of ether oxygens (including phenoxy) is 1. The Morgan fingerprint density at radius 2 is 1.71 bits per heavy atom. The maximum absolute atomic E-state index is 9.01. The largest absolute Gasteiger partial charge is 0.491 e. The summed E-state index contributed by atoms with van der Waals surface area (Å²) in [5.74, 6) is 0.754. The minimum Gasteiger partial charge on any atom is -0.491 e. The van der Waals surface area contributed by atoms with E-state index in [0.29, 0.717) is 11.7 Å². The number of hydrogen-bond donors (Lipinski definition) is 1. The van der Waals surface area contributed by atoms with Gasteiger partial charge < -0.3 is 14.7 Å². The van der Waals surface area contributed by atoms with Gasteiger partial charge in [0.05, 0.1) is 19.2 Å². The van der Waals surface area contributed by atoms with Crippen molar-refractivity contribution in [1.82, 2.24) is 4.90 Å². The highest BCUT2D eigenvalue weighted by molar-refractivity contribution is 6.30. The molecule has 176 valence electrons. The van der Waals surface area contributed by atoms with Crippen LogP contribution in [0.4, 0.5) is 11.4 Å². The summed E-state index contributed by atoms with van der Waals surface area (Å²) in [6, 6.07) is 24.9. The molecule has 0 bridgehead atoms. The third-order valence-electron chi connectivity index (χ3n) is 6.57. The molecule has 4 rings (SSSR count). The Labute approximate surface area is 207 Å². The molecule has 1 N–H and O–H groups in total. The van der Waals surface area contributed by atoms with Crippen molar-refractivity contribution in [2.75, 3.05) is 31.2 Å². The van der Waals surface area contributed by atoms with Crippen LogP contribution in [-0.2, 0) is 0 Å². The first-order chi connectivity index (χ1) is 16.5. The van der Waals surface area contributed by atoms with Crippen molar-refractivity contribution in [3.05, 3.63) is 100 Å². The molecule has 3 aromatic rings. The molecule has 1 heterocycles. The van der Waals surface area contributed by atoms with Crippen molar-refractivity contribution >= 4 is 23.0 Å². The van der Waals surface area contributed by atoms with Crippen molar-refractivity contribution < 1.29 is 9.84 Å². The van der Waals surface area contributed by atoms with Crippen LogP contribution in [0.1, 0.15) is 37.1 Å². The molecule has 1 aliphatic heterocycles. The zero-order valence-electron chi connectivity index (χ0n) is 19.6. The van der Waals surface area contributed by atoms with E-state index < -0.39 is 0 Å². The Balaban J connectivity index is 1.62. The molecular formula is C28H30ClN3O2. The van der Waals surface area contributed by atoms with Gasteiger partial charge in [-0.15, -0.1) is 0 Å². The molecule has 0 amide bonds. The highest BCUT2D eigenvalue weighted by atomic mass is 35.5. The van der Waals surface area contributed by atoms with Crippen LogP contribution in [0.3, 0.4) is 0 Å². The first kappa shape index (κ1) is 24.1. The summed E-state index contributed by atoms with van der Waals surface area (Å²) in [5, 5.41) is 9.74. The second-order valence-electron chi connectivity index (χ2n) is 8.71. The van der Waals surface area contributed by atoms with E-state index in [2.05, 4.69) is 64.9 Å². The number of halogens is 1. The van der Waals surface area contributed by atoms with Crippen molar-refractivity contribution in [2.45, 2.75) is 32.0 Å². The van der Waals surface area contributed by atoms with Gasteiger partial charge in [0, 0.05) is 35.9 Å². The molecule has 1 saturated heterocycles. The van der Waals surface area contributed by atoms with Gasteiger partial charge in [-0.05, 0) is 61.4 Å². The molecule has 3 atom stereocenters. The molecule has 34 heavy (non-hydrogen) atoms. The van der Waals surface area contributed by atoms with Crippen LogP contribution in [-0.4, -0.2) is 42.4 Å². The van der Waals surface area contributed by atoms with Gasteiger partial charge >= 0.3 is 0 Å². The van der Waals surface area contributed by atoms with Crippen LogP contribution >= 0.6 is 11.6 Å².